The van der Waals surface area contributed by atoms with Crippen molar-refractivity contribution in [3.63, 3.8) is 0 Å². The van der Waals surface area contributed by atoms with Gasteiger partial charge in [-0.05, 0) is 24.3 Å². The minimum absolute atomic E-state index is 0.0297. The molecular formula is C25H41N3O4. The minimum Gasteiger partial charge on any atom is -0.385 e. The number of amides is 2. The number of methoxy groups -OCH3 is 1. The van der Waals surface area contributed by atoms with Gasteiger partial charge in [0, 0.05) is 39.5 Å². The van der Waals surface area contributed by atoms with E-state index in [9.17, 15) is 4.79 Å². The molecule has 2 fully saturated rings. The Hall–Kier alpha value is -1.67. The average molecular weight is 448 g/mol. The lowest BCUT2D eigenvalue weighted by Crippen LogP contribution is -2.54. The highest BCUT2D eigenvalue weighted by atomic mass is 16.5. The Morgan fingerprint density at radius 2 is 2.00 bits per heavy atom. The van der Waals surface area contributed by atoms with E-state index in [0.29, 0.717) is 45.4 Å². The van der Waals surface area contributed by atoms with Crippen molar-refractivity contribution in [3.8, 4) is 0 Å². The maximum absolute atomic E-state index is 13.1. The third kappa shape index (κ3) is 7.73. The highest BCUT2D eigenvalue weighted by Gasteiger charge is 2.33. The summed E-state index contributed by atoms with van der Waals surface area (Å²) >= 11 is 0. The number of nitrogens with zero attached hydrogens (tertiary/aromatic N) is 1. The zero-order valence-corrected chi connectivity index (χ0v) is 19.5. The molecule has 1 heterocycles. The SMILES string of the molecule is COCCCOC(c1ccccc1)C1CN(C(=O)N[C@H](CN)CC2CCCCC2)CCO1. The molecule has 32 heavy (non-hydrogen) atoms. The topological polar surface area (TPSA) is 86.1 Å². The average Bonchev–Trinajstić information content (AvgIpc) is 2.85. The smallest absolute Gasteiger partial charge is 0.317 e. The van der Waals surface area contributed by atoms with E-state index in [1.807, 2.05) is 23.1 Å². The van der Waals surface area contributed by atoms with Crippen LogP contribution in [0.2, 0.25) is 0 Å². The summed E-state index contributed by atoms with van der Waals surface area (Å²) in [6.07, 6.45) is 7.79. The van der Waals surface area contributed by atoms with Crippen molar-refractivity contribution in [2.24, 2.45) is 11.7 Å². The van der Waals surface area contributed by atoms with E-state index in [0.717, 1.165) is 18.4 Å². The lowest BCUT2D eigenvalue weighted by molar-refractivity contribution is -0.107. The van der Waals surface area contributed by atoms with Gasteiger partial charge in [-0.15, -0.1) is 0 Å². The van der Waals surface area contributed by atoms with Crippen molar-refractivity contribution in [1.29, 1.82) is 0 Å². The van der Waals surface area contributed by atoms with Gasteiger partial charge in [0.05, 0.1) is 13.2 Å². The number of hydrogen-bond donors (Lipinski definition) is 2. The predicted octanol–water partition coefficient (Wildman–Crippen LogP) is 3.49. The Labute approximate surface area is 193 Å². The Kier molecular flexibility index (Phi) is 10.8. The molecule has 2 aliphatic rings. The highest BCUT2D eigenvalue weighted by Crippen LogP contribution is 2.28. The fourth-order valence-electron chi connectivity index (χ4n) is 4.82. The molecule has 1 aromatic carbocycles. The van der Waals surface area contributed by atoms with Crippen LogP contribution in [0, 0.1) is 5.92 Å². The molecule has 3 rings (SSSR count). The van der Waals surface area contributed by atoms with Crippen LogP contribution in [0.15, 0.2) is 30.3 Å². The summed E-state index contributed by atoms with van der Waals surface area (Å²) in [5.41, 5.74) is 7.07. The van der Waals surface area contributed by atoms with E-state index in [2.05, 4.69) is 17.4 Å². The van der Waals surface area contributed by atoms with Crippen molar-refractivity contribution in [1.82, 2.24) is 10.2 Å². The predicted molar refractivity (Wildman–Crippen MR) is 126 cm³/mol. The molecule has 0 aromatic heterocycles. The van der Waals surface area contributed by atoms with Gasteiger partial charge in [-0.1, -0.05) is 62.4 Å². The molecule has 1 aromatic rings. The number of hydrogen-bond acceptors (Lipinski definition) is 5. The molecule has 0 radical (unpaired) electrons. The van der Waals surface area contributed by atoms with Gasteiger partial charge >= 0.3 is 6.03 Å². The number of nitrogens with two attached hydrogens (primary N) is 1. The van der Waals surface area contributed by atoms with Gasteiger partial charge in [0.2, 0.25) is 0 Å². The van der Waals surface area contributed by atoms with Crippen LogP contribution in [0.1, 0.15) is 56.6 Å². The normalized spacial score (nSPS) is 21.8. The molecular weight excluding hydrogens is 406 g/mol. The van der Waals surface area contributed by atoms with E-state index in [1.54, 1.807) is 7.11 Å². The van der Waals surface area contributed by atoms with Gasteiger partial charge in [0.1, 0.15) is 12.2 Å². The lowest BCUT2D eigenvalue weighted by atomic mass is 9.85. The third-order valence-electron chi connectivity index (χ3n) is 6.59. The first kappa shape index (κ1) is 25.0. The summed E-state index contributed by atoms with van der Waals surface area (Å²) in [6.45, 7) is 3.29. The molecule has 0 spiro atoms. The second kappa shape index (κ2) is 13.8. The van der Waals surface area contributed by atoms with Crippen LogP contribution in [0.25, 0.3) is 0 Å². The zero-order chi connectivity index (χ0) is 22.6. The molecule has 7 heteroatoms. The molecule has 1 aliphatic heterocycles. The fourth-order valence-corrected chi connectivity index (χ4v) is 4.82. The van der Waals surface area contributed by atoms with E-state index in [1.165, 1.54) is 32.1 Å². The number of carbonyl (C=O) groups is 1. The quantitative estimate of drug-likeness (QED) is 0.507. The van der Waals surface area contributed by atoms with Gasteiger partial charge in [0.15, 0.2) is 0 Å². The van der Waals surface area contributed by atoms with Crippen LogP contribution in [0.4, 0.5) is 4.79 Å². The second-order valence-electron chi connectivity index (χ2n) is 9.03. The number of nitrogens with one attached hydrogen (secondary N) is 1. The Morgan fingerprint density at radius 1 is 1.22 bits per heavy atom. The zero-order valence-electron chi connectivity index (χ0n) is 19.5. The Balaban J connectivity index is 1.57. The summed E-state index contributed by atoms with van der Waals surface area (Å²) in [6, 6.07) is 10.1. The molecule has 1 saturated heterocycles. The van der Waals surface area contributed by atoms with Crippen LogP contribution in [-0.2, 0) is 14.2 Å². The maximum atomic E-state index is 13.1. The molecule has 1 aliphatic carbocycles. The number of benzene rings is 1. The number of morpholine rings is 1. The highest BCUT2D eigenvalue weighted by molar-refractivity contribution is 5.74. The summed E-state index contributed by atoms with van der Waals surface area (Å²) in [5.74, 6) is 0.679. The van der Waals surface area contributed by atoms with Crippen molar-refractivity contribution in [2.45, 2.75) is 63.2 Å². The molecule has 180 valence electrons. The molecule has 7 nitrogen and oxygen atoms in total. The number of ether oxygens (including phenoxy) is 3. The van der Waals surface area contributed by atoms with Crippen molar-refractivity contribution in [2.75, 3.05) is 46.6 Å². The van der Waals surface area contributed by atoms with Crippen molar-refractivity contribution in [3.05, 3.63) is 35.9 Å². The maximum Gasteiger partial charge on any atom is 0.317 e. The summed E-state index contributed by atoms with van der Waals surface area (Å²) in [4.78, 5) is 14.9. The van der Waals surface area contributed by atoms with Crippen molar-refractivity contribution >= 4 is 6.03 Å². The molecule has 1 saturated carbocycles. The largest absolute Gasteiger partial charge is 0.385 e. The summed E-state index contributed by atoms with van der Waals surface area (Å²) in [7, 11) is 1.69. The van der Waals surface area contributed by atoms with E-state index >= 15 is 0 Å². The van der Waals surface area contributed by atoms with E-state index in [4.69, 9.17) is 19.9 Å². The number of carbonyl (C=O) groups excluding carboxylic acids is 1. The molecule has 2 unspecified atom stereocenters. The summed E-state index contributed by atoms with van der Waals surface area (Å²) in [5, 5.41) is 3.19. The number of rotatable bonds is 11. The molecule has 3 N–H and O–H groups in total. The van der Waals surface area contributed by atoms with Crippen LogP contribution in [-0.4, -0.2) is 69.6 Å². The first-order valence-corrected chi connectivity index (χ1v) is 12.2. The van der Waals surface area contributed by atoms with E-state index < -0.39 is 0 Å². The van der Waals surface area contributed by atoms with Gasteiger partial charge < -0.3 is 30.2 Å². The number of urea groups is 1. The first-order chi connectivity index (χ1) is 15.7. The third-order valence-corrected chi connectivity index (χ3v) is 6.59. The van der Waals surface area contributed by atoms with Crippen LogP contribution in [0.5, 0.6) is 0 Å². The lowest BCUT2D eigenvalue weighted by Gasteiger charge is -2.38. The molecule has 3 atom stereocenters. The molecule has 0 bridgehead atoms. The first-order valence-electron chi connectivity index (χ1n) is 12.2. The second-order valence-corrected chi connectivity index (χ2v) is 9.03. The van der Waals surface area contributed by atoms with Gasteiger partial charge in [-0.25, -0.2) is 4.79 Å². The molecule has 2 amide bonds. The van der Waals surface area contributed by atoms with Crippen LogP contribution >= 0.6 is 0 Å². The summed E-state index contributed by atoms with van der Waals surface area (Å²) < 4.78 is 17.4. The van der Waals surface area contributed by atoms with Crippen LogP contribution in [0.3, 0.4) is 0 Å². The van der Waals surface area contributed by atoms with Gasteiger partial charge in [-0.2, -0.15) is 0 Å². The minimum atomic E-state index is -0.226. The van der Waals surface area contributed by atoms with E-state index in [-0.39, 0.29) is 24.3 Å². The van der Waals surface area contributed by atoms with Gasteiger partial charge in [-0.3, -0.25) is 0 Å². The standard InChI is InChI=1S/C25H41N3O4/c1-30-14-8-15-32-24(21-11-6-3-7-12-21)23-19-28(13-16-31-23)25(29)27-22(18-26)17-20-9-4-2-5-10-20/h3,6-7,11-12,20,22-24H,2,4-5,8-10,13-19,26H2,1H3,(H,27,29)/t22-,23?,24?/m0/s1. The Bertz CT molecular complexity index is 654. The van der Waals surface area contributed by atoms with Crippen LogP contribution < -0.4 is 11.1 Å². The monoisotopic (exact) mass is 447 g/mol. The van der Waals surface area contributed by atoms with Crippen molar-refractivity contribution < 1.29 is 19.0 Å². The Morgan fingerprint density at radius 3 is 2.72 bits per heavy atom. The van der Waals surface area contributed by atoms with Gasteiger partial charge in [0.25, 0.3) is 0 Å². The fraction of sp³-hybridized carbons (Fsp3) is 0.720.